The van der Waals surface area contributed by atoms with Gasteiger partial charge in [-0.15, -0.1) is 0 Å². The molecule has 4 aliphatic carbocycles. The second kappa shape index (κ2) is 5.82. The van der Waals surface area contributed by atoms with Crippen molar-refractivity contribution in [2.75, 3.05) is 0 Å². The second-order valence-electron chi connectivity index (χ2n) is 11.2. The second-order valence-corrected chi connectivity index (χ2v) is 11.2. The first-order valence-electron chi connectivity index (χ1n) is 10.2. The monoisotopic (exact) mass is 304 g/mol. The van der Waals surface area contributed by atoms with E-state index in [1.54, 1.807) is 6.42 Å². The number of rotatable bonds is 0. The fraction of sp³-hybridized carbons (Fsp3) is 1.00. The molecule has 4 bridgehead atoms. The van der Waals surface area contributed by atoms with Gasteiger partial charge in [-0.1, -0.05) is 48.0 Å². The lowest BCUT2D eigenvalue weighted by molar-refractivity contribution is 0.161. The summed E-state index contributed by atoms with van der Waals surface area (Å²) in [5, 5.41) is 0. The lowest BCUT2D eigenvalue weighted by Crippen LogP contribution is -2.25. The summed E-state index contributed by atoms with van der Waals surface area (Å²) in [6.07, 6.45) is 12.3. The van der Waals surface area contributed by atoms with E-state index in [0.717, 1.165) is 35.5 Å². The first-order chi connectivity index (χ1) is 10.2. The summed E-state index contributed by atoms with van der Waals surface area (Å²) >= 11 is 0. The van der Waals surface area contributed by atoms with Crippen LogP contribution in [-0.2, 0) is 0 Å². The molecule has 0 radical (unpaired) electrons. The van der Waals surface area contributed by atoms with Crippen LogP contribution in [0, 0.1) is 46.3 Å². The fourth-order valence-corrected chi connectivity index (χ4v) is 6.97. The first kappa shape index (κ1) is 16.8. The molecule has 4 aliphatic rings. The Bertz CT molecular complexity index is 360. The minimum atomic E-state index is 0.583. The van der Waals surface area contributed by atoms with Gasteiger partial charge in [0.1, 0.15) is 0 Å². The van der Waals surface area contributed by atoms with Gasteiger partial charge in [-0.25, -0.2) is 0 Å². The maximum Gasteiger partial charge on any atom is -0.0309 e. The summed E-state index contributed by atoms with van der Waals surface area (Å²) in [6.45, 7) is 14.5. The molecule has 128 valence electrons. The standard InChI is InChI=1S/2C11H20/c1-11(2,3)10-7-8-4-5-9(10)6-8;1-11(2,3)10-8-4-5-9(10)7-6-8/h2*8-10H,4-7H2,1-3H3. The van der Waals surface area contributed by atoms with Crippen molar-refractivity contribution in [3.63, 3.8) is 0 Å². The van der Waals surface area contributed by atoms with E-state index in [0.29, 0.717) is 10.8 Å². The summed E-state index contributed by atoms with van der Waals surface area (Å²) in [6, 6.07) is 0. The van der Waals surface area contributed by atoms with Gasteiger partial charge in [0.15, 0.2) is 0 Å². The molecule has 4 rings (SSSR count). The van der Waals surface area contributed by atoms with Gasteiger partial charge in [0, 0.05) is 0 Å². The molecule has 0 saturated heterocycles. The summed E-state index contributed by atoms with van der Waals surface area (Å²) < 4.78 is 0. The van der Waals surface area contributed by atoms with Crippen LogP contribution in [0.15, 0.2) is 0 Å². The van der Waals surface area contributed by atoms with Gasteiger partial charge >= 0.3 is 0 Å². The minimum Gasteiger partial charge on any atom is -0.0599 e. The van der Waals surface area contributed by atoms with Crippen molar-refractivity contribution >= 4 is 0 Å². The summed E-state index contributed by atoms with van der Waals surface area (Å²) in [5.74, 6) is 6.51. The molecule has 0 heteroatoms. The molecule has 3 unspecified atom stereocenters. The highest BCUT2D eigenvalue weighted by Crippen LogP contribution is 2.56. The van der Waals surface area contributed by atoms with Gasteiger partial charge in [-0.2, -0.15) is 0 Å². The Morgan fingerprint density at radius 1 is 0.545 bits per heavy atom. The Morgan fingerprint density at radius 2 is 1.05 bits per heavy atom. The molecule has 0 N–H and O–H groups in total. The Hall–Kier alpha value is 0. The molecule has 0 heterocycles. The van der Waals surface area contributed by atoms with Crippen molar-refractivity contribution in [1.29, 1.82) is 0 Å². The van der Waals surface area contributed by atoms with Crippen molar-refractivity contribution < 1.29 is 0 Å². The molecular weight excluding hydrogens is 264 g/mol. The van der Waals surface area contributed by atoms with Crippen LogP contribution in [0.2, 0.25) is 0 Å². The molecule has 0 aromatic heterocycles. The third kappa shape index (κ3) is 3.27. The highest BCUT2D eigenvalue weighted by molar-refractivity contribution is 4.96. The molecule has 4 saturated carbocycles. The van der Waals surface area contributed by atoms with Crippen LogP contribution in [0.4, 0.5) is 0 Å². The highest BCUT2D eigenvalue weighted by Gasteiger charge is 2.47. The third-order valence-electron chi connectivity index (χ3n) is 7.68. The van der Waals surface area contributed by atoms with E-state index in [2.05, 4.69) is 41.5 Å². The SMILES string of the molecule is CC(C)(C)C1C2CCC1CC2.CC(C)(C)C1CC2CCC1C2. The average molecular weight is 305 g/mol. The van der Waals surface area contributed by atoms with E-state index in [-0.39, 0.29) is 0 Å². The Labute approximate surface area is 139 Å². The van der Waals surface area contributed by atoms with E-state index >= 15 is 0 Å². The summed E-state index contributed by atoms with van der Waals surface area (Å²) in [7, 11) is 0. The van der Waals surface area contributed by atoms with Crippen molar-refractivity contribution in [2.45, 2.75) is 92.9 Å². The van der Waals surface area contributed by atoms with E-state index in [1.807, 2.05) is 0 Å². The molecule has 0 spiro atoms. The number of hydrogen-bond acceptors (Lipinski definition) is 0. The van der Waals surface area contributed by atoms with Gasteiger partial charge in [-0.3, -0.25) is 0 Å². The van der Waals surface area contributed by atoms with Crippen LogP contribution in [-0.4, -0.2) is 0 Å². The zero-order valence-electron chi connectivity index (χ0n) is 16.1. The maximum absolute atomic E-state index is 2.42. The lowest BCUT2D eigenvalue weighted by Gasteiger charge is -2.34. The fourth-order valence-electron chi connectivity index (χ4n) is 6.97. The molecule has 0 nitrogen and oxygen atoms in total. The van der Waals surface area contributed by atoms with Gasteiger partial charge in [0.2, 0.25) is 0 Å². The van der Waals surface area contributed by atoms with E-state index < -0.39 is 0 Å². The molecule has 0 aliphatic heterocycles. The minimum absolute atomic E-state index is 0.583. The zero-order chi connectivity index (χ0) is 16.1. The van der Waals surface area contributed by atoms with Crippen molar-refractivity contribution in [2.24, 2.45) is 46.3 Å². The quantitative estimate of drug-likeness (QED) is 0.455. The summed E-state index contributed by atoms with van der Waals surface area (Å²) in [5.41, 5.74) is 1.17. The lowest BCUT2D eigenvalue weighted by atomic mass is 9.72. The third-order valence-corrected chi connectivity index (χ3v) is 7.68. The van der Waals surface area contributed by atoms with Crippen LogP contribution < -0.4 is 0 Å². The van der Waals surface area contributed by atoms with E-state index in [9.17, 15) is 0 Å². The Morgan fingerprint density at radius 3 is 1.27 bits per heavy atom. The van der Waals surface area contributed by atoms with Crippen LogP contribution in [0.1, 0.15) is 92.9 Å². The van der Waals surface area contributed by atoms with Gasteiger partial charge < -0.3 is 0 Å². The first-order valence-corrected chi connectivity index (χ1v) is 10.2. The zero-order valence-corrected chi connectivity index (χ0v) is 16.1. The molecule has 0 aromatic carbocycles. The normalized spacial score (nSPS) is 43.4. The van der Waals surface area contributed by atoms with Crippen LogP contribution in [0.3, 0.4) is 0 Å². The molecule has 22 heavy (non-hydrogen) atoms. The maximum atomic E-state index is 2.42. The topological polar surface area (TPSA) is 0 Å². The van der Waals surface area contributed by atoms with Crippen molar-refractivity contribution in [3.8, 4) is 0 Å². The predicted octanol–water partition coefficient (Wildman–Crippen LogP) is 6.94. The predicted molar refractivity (Wildman–Crippen MR) is 96.8 cm³/mol. The van der Waals surface area contributed by atoms with Crippen molar-refractivity contribution in [1.82, 2.24) is 0 Å². The number of hydrogen-bond donors (Lipinski definition) is 0. The van der Waals surface area contributed by atoms with Crippen LogP contribution in [0.25, 0.3) is 0 Å². The van der Waals surface area contributed by atoms with Gasteiger partial charge in [0.25, 0.3) is 0 Å². The molecule has 4 fully saturated rings. The smallest absolute Gasteiger partial charge is 0.0309 e. The van der Waals surface area contributed by atoms with Gasteiger partial charge in [0.05, 0.1) is 0 Å². The molecule has 0 amide bonds. The van der Waals surface area contributed by atoms with Crippen molar-refractivity contribution in [3.05, 3.63) is 0 Å². The van der Waals surface area contributed by atoms with Crippen LogP contribution >= 0.6 is 0 Å². The van der Waals surface area contributed by atoms with Crippen LogP contribution in [0.5, 0.6) is 0 Å². The van der Waals surface area contributed by atoms with E-state index in [4.69, 9.17) is 0 Å². The molecule has 3 atom stereocenters. The van der Waals surface area contributed by atoms with E-state index in [1.165, 1.54) is 44.9 Å². The summed E-state index contributed by atoms with van der Waals surface area (Å²) in [4.78, 5) is 0. The Balaban J connectivity index is 0.000000131. The van der Waals surface area contributed by atoms with Gasteiger partial charge in [-0.05, 0) is 91.3 Å². The highest BCUT2D eigenvalue weighted by atomic mass is 14.5. The Kier molecular flexibility index (Phi) is 4.45. The largest absolute Gasteiger partial charge is 0.0599 e. The average Bonchev–Trinajstić information content (AvgIpc) is 3.17. The number of fused-ring (bicyclic) bond motifs is 4. The molecular formula is C22H40. The molecule has 0 aromatic rings.